The van der Waals surface area contributed by atoms with Crippen LogP contribution in [-0.4, -0.2) is 16.0 Å². The summed E-state index contributed by atoms with van der Waals surface area (Å²) in [5, 5.41) is -0.332. The lowest BCUT2D eigenvalue weighted by molar-refractivity contribution is -0.123. The Morgan fingerprint density at radius 2 is 2.00 bits per heavy atom. The Kier molecular flexibility index (Phi) is 4.66. The zero-order chi connectivity index (χ0) is 17.1. The number of amides is 2. The quantitative estimate of drug-likeness (QED) is 0.761. The normalized spacial score (nSPS) is 17.2. The second kappa shape index (κ2) is 6.88. The minimum Gasteiger partial charge on any atom is -0.465 e. The van der Waals surface area contributed by atoms with Crippen LogP contribution >= 0.6 is 11.8 Å². The van der Waals surface area contributed by atoms with Crippen molar-refractivity contribution in [2.24, 2.45) is 0 Å². The van der Waals surface area contributed by atoms with Crippen molar-refractivity contribution >= 4 is 29.0 Å². The van der Waals surface area contributed by atoms with Gasteiger partial charge in [0.2, 0.25) is 0 Å². The van der Waals surface area contributed by atoms with Gasteiger partial charge in [-0.2, -0.15) is 0 Å². The van der Waals surface area contributed by atoms with Crippen LogP contribution in [0, 0.1) is 5.82 Å². The maximum absolute atomic E-state index is 12.9. The average molecular weight is 343 g/mol. The van der Waals surface area contributed by atoms with Crippen molar-refractivity contribution in [3.05, 3.63) is 76.4 Å². The topological polar surface area (TPSA) is 50.5 Å². The summed E-state index contributed by atoms with van der Waals surface area (Å²) in [5.41, 5.74) is 1.50. The van der Waals surface area contributed by atoms with Gasteiger partial charge in [0.15, 0.2) is 0 Å². The molecule has 0 radical (unpaired) electrons. The lowest BCUT2D eigenvalue weighted by atomic mass is 10.2. The summed E-state index contributed by atoms with van der Waals surface area (Å²) in [6, 6.07) is 9.31. The van der Waals surface area contributed by atoms with Gasteiger partial charge in [-0.1, -0.05) is 12.1 Å². The number of carbonyl (C=O) groups is 2. The molecule has 2 amide bonds. The number of rotatable bonds is 4. The SMILES string of the molecule is CC(/C=C1\SC(=O)N(Cc2ccc(F)cc2)C1=O)=C\c1ccco1. The highest BCUT2D eigenvalue weighted by Crippen LogP contribution is 2.32. The number of allylic oxidation sites excluding steroid dienone is 2. The molecule has 0 spiro atoms. The molecule has 0 aliphatic carbocycles. The zero-order valence-corrected chi connectivity index (χ0v) is 13.7. The van der Waals surface area contributed by atoms with Crippen LogP contribution in [0.25, 0.3) is 6.08 Å². The van der Waals surface area contributed by atoms with Gasteiger partial charge in [-0.15, -0.1) is 0 Å². The lowest BCUT2D eigenvalue weighted by Crippen LogP contribution is -2.27. The molecule has 2 heterocycles. The highest BCUT2D eigenvalue weighted by molar-refractivity contribution is 8.18. The van der Waals surface area contributed by atoms with Gasteiger partial charge in [0.05, 0.1) is 17.7 Å². The van der Waals surface area contributed by atoms with Gasteiger partial charge in [-0.25, -0.2) is 4.39 Å². The smallest absolute Gasteiger partial charge is 0.293 e. The van der Waals surface area contributed by atoms with Crippen LogP contribution < -0.4 is 0 Å². The number of hydrogen-bond acceptors (Lipinski definition) is 4. The van der Waals surface area contributed by atoms with Crippen LogP contribution in [0.15, 0.2) is 63.6 Å². The second-order valence-electron chi connectivity index (χ2n) is 5.30. The van der Waals surface area contributed by atoms with E-state index in [0.717, 1.165) is 22.2 Å². The summed E-state index contributed by atoms with van der Waals surface area (Å²) in [5.74, 6) is -0.0257. The minimum atomic E-state index is -0.355. The molecule has 0 saturated carbocycles. The monoisotopic (exact) mass is 343 g/mol. The fourth-order valence-electron chi connectivity index (χ4n) is 2.25. The van der Waals surface area contributed by atoms with E-state index in [0.29, 0.717) is 16.2 Å². The van der Waals surface area contributed by atoms with Crippen LogP contribution in [0.1, 0.15) is 18.2 Å². The van der Waals surface area contributed by atoms with Crippen LogP contribution in [0.4, 0.5) is 9.18 Å². The Morgan fingerprint density at radius 3 is 2.67 bits per heavy atom. The Bertz CT molecular complexity index is 822. The third-order valence-electron chi connectivity index (χ3n) is 3.40. The van der Waals surface area contributed by atoms with Crippen molar-refractivity contribution in [3.63, 3.8) is 0 Å². The van der Waals surface area contributed by atoms with Gasteiger partial charge in [0, 0.05) is 0 Å². The molecule has 4 nitrogen and oxygen atoms in total. The molecule has 1 aromatic carbocycles. The molecule has 0 N–H and O–H groups in total. The van der Waals surface area contributed by atoms with Crippen molar-refractivity contribution in [2.45, 2.75) is 13.5 Å². The number of furan rings is 1. The number of halogens is 1. The largest absolute Gasteiger partial charge is 0.465 e. The highest BCUT2D eigenvalue weighted by atomic mass is 32.2. The van der Waals surface area contributed by atoms with Crippen molar-refractivity contribution in [1.82, 2.24) is 4.90 Å². The van der Waals surface area contributed by atoms with Crippen LogP contribution in [0.3, 0.4) is 0 Å². The van der Waals surface area contributed by atoms with Crippen molar-refractivity contribution in [3.8, 4) is 0 Å². The van der Waals surface area contributed by atoms with Gasteiger partial charge in [0.1, 0.15) is 11.6 Å². The Hall–Kier alpha value is -2.60. The van der Waals surface area contributed by atoms with E-state index in [-0.39, 0.29) is 23.5 Å². The first-order chi connectivity index (χ1) is 11.5. The molecule has 24 heavy (non-hydrogen) atoms. The van der Waals surface area contributed by atoms with Crippen molar-refractivity contribution in [1.29, 1.82) is 0 Å². The number of thioether (sulfide) groups is 1. The van der Waals surface area contributed by atoms with E-state index in [1.54, 1.807) is 42.7 Å². The average Bonchev–Trinajstić information content (AvgIpc) is 3.13. The minimum absolute atomic E-state index is 0.128. The number of nitrogens with zero attached hydrogens (tertiary/aromatic N) is 1. The molecule has 1 aromatic heterocycles. The molecule has 2 aromatic rings. The maximum atomic E-state index is 12.9. The van der Waals surface area contributed by atoms with Gasteiger partial charge in [0.25, 0.3) is 11.1 Å². The molecule has 3 rings (SSSR count). The molecular formula is C18H14FNO3S. The summed E-state index contributed by atoms with van der Waals surface area (Å²) >= 11 is 0.898. The fourth-order valence-corrected chi connectivity index (χ4v) is 3.14. The standard InChI is InChI=1S/C18H14FNO3S/c1-12(9-15-3-2-8-23-15)10-16-17(21)20(18(22)24-16)11-13-4-6-14(19)7-5-13/h2-10H,11H2,1H3/b12-9+,16-10-. The van der Waals surface area contributed by atoms with Gasteiger partial charge < -0.3 is 4.42 Å². The molecule has 0 atom stereocenters. The summed E-state index contributed by atoms with van der Waals surface area (Å²) < 4.78 is 18.2. The summed E-state index contributed by atoms with van der Waals surface area (Å²) in [6.07, 6.45) is 5.02. The number of benzene rings is 1. The van der Waals surface area contributed by atoms with E-state index in [1.807, 2.05) is 6.92 Å². The van der Waals surface area contributed by atoms with Crippen molar-refractivity contribution in [2.75, 3.05) is 0 Å². The first kappa shape index (κ1) is 16.3. The Balaban J connectivity index is 1.76. The number of carbonyl (C=O) groups excluding carboxylic acids is 2. The third-order valence-corrected chi connectivity index (χ3v) is 4.31. The molecule has 0 bridgehead atoms. The van der Waals surface area contributed by atoms with E-state index in [2.05, 4.69) is 0 Å². The molecule has 1 saturated heterocycles. The van der Waals surface area contributed by atoms with E-state index in [9.17, 15) is 14.0 Å². The molecule has 6 heteroatoms. The fraction of sp³-hybridized carbons (Fsp3) is 0.111. The molecular weight excluding hydrogens is 329 g/mol. The van der Waals surface area contributed by atoms with Gasteiger partial charge in [-0.3, -0.25) is 14.5 Å². The summed E-state index contributed by atoms with van der Waals surface area (Å²) in [7, 11) is 0. The zero-order valence-electron chi connectivity index (χ0n) is 12.9. The number of hydrogen-bond donors (Lipinski definition) is 0. The summed E-state index contributed by atoms with van der Waals surface area (Å²) in [4.78, 5) is 26.0. The van der Waals surface area contributed by atoms with Gasteiger partial charge >= 0.3 is 0 Å². The van der Waals surface area contributed by atoms with E-state index in [1.165, 1.54) is 12.1 Å². The second-order valence-corrected chi connectivity index (χ2v) is 6.29. The van der Waals surface area contributed by atoms with E-state index < -0.39 is 0 Å². The van der Waals surface area contributed by atoms with E-state index in [4.69, 9.17) is 4.42 Å². The summed E-state index contributed by atoms with van der Waals surface area (Å²) in [6.45, 7) is 1.96. The number of imide groups is 1. The predicted octanol–water partition coefficient (Wildman–Crippen LogP) is 4.60. The van der Waals surface area contributed by atoms with E-state index >= 15 is 0 Å². The van der Waals surface area contributed by atoms with Crippen LogP contribution in [-0.2, 0) is 11.3 Å². The molecule has 1 fully saturated rings. The third kappa shape index (κ3) is 3.65. The molecule has 1 aliphatic rings. The Morgan fingerprint density at radius 1 is 1.25 bits per heavy atom. The highest BCUT2D eigenvalue weighted by Gasteiger charge is 2.34. The van der Waals surface area contributed by atoms with Gasteiger partial charge in [-0.05, 0) is 66.2 Å². The Labute approximate surface area is 142 Å². The van der Waals surface area contributed by atoms with Crippen LogP contribution in [0.5, 0.6) is 0 Å². The first-order valence-corrected chi connectivity index (χ1v) is 8.06. The lowest BCUT2D eigenvalue weighted by Gasteiger charge is -2.12. The molecule has 122 valence electrons. The van der Waals surface area contributed by atoms with Crippen LogP contribution in [0.2, 0.25) is 0 Å². The van der Waals surface area contributed by atoms with Crippen molar-refractivity contribution < 1.29 is 18.4 Å². The molecule has 1 aliphatic heterocycles. The molecule has 0 unspecified atom stereocenters. The first-order valence-electron chi connectivity index (χ1n) is 7.24. The predicted molar refractivity (Wildman–Crippen MR) is 90.4 cm³/mol. The maximum Gasteiger partial charge on any atom is 0.293 e.